The standard InChI is InChI=1S/C22H45N2O4P/c1-5-8-11-12-13-14-15-16-17-24-19-18-23(4)22(24)28-29(25,26-20-9-6-2)27-21-10-7-3/h18-19,22H,5-17,20-21H2,1-4H3. The topological polar surface area (TPSA) is 51.2 Å². The van der Waals surface area contributed by atoms with E-state index in [-0.39, 0.29) is 0 Å². The van der Waals surface area contributed by atoms with Crippen molar-refractivity contribution in [1.29, 1.82) is 0 Å². The molecule has 6 nitrogen and oxygen atoms in total. The molecule has 0 saturated heterocycles. The van der Waals surface area contributed by atoms with E-state index in [1.165, 1.54) is 44.9 Å². The van der Waals surface area contributed by atoms with E-state index >= 15 is 0 Å². The number of nitrogens with zero attached hydrogens (tertiary/aromatic N) is 2. The number of rotatable bonds is 19. The first kappa shape index (κ1) is 26.5. The van der Waals surface area contributed by atoms with Crippen LogP contribution in [0.2, 0.25) is 0 Å². The molecular weight excluding hydrogens is 387 g/mol. The van der Waals surface area contributed by atoms with Gasteiger partial charge in [-0.15, -0.1) is 0 Å². The van der Waals surface area contributed by atoms with Gasteiger partial charge in [0.15, 0.2) is 0 Å². The van der Waals surface area contributed by atoms with Gasteiger partial charge in [-0.1, -0.05) is 78.6 Å². The molecule has 0 radical (unpaired) electrons. The number of phosphoric ester groups is 1. The van der Waals surface area contributed by atoms with Crippen molar-refractivity contribution in [3.63, 3.8) is 0 Å². The second-order valence-electron chi connectivity index (χ2n) is 7.93. The molecule has 1 atom stereocenters. The molecule has 0 amide bonds. The molecular formula is C22H45N2O4P. The molecule has 0 aliphatic carbocycles. The first-order chi connectivity index (χ1) is 14.1. The number of hydrogen-bond acceptors (Lipinski definition) is 6. The van der Waals surface area contributed by atoms with Crippen LogP contribution in [0.3, 0.4) is 0 Å². The predicted octanol–water partition coefficient (Wildman–Crippen LogP) is 6.89. The molecule has 7 heteroatoms. The molecule has 0 bridgehead atoms. The highest BCUT2D eigenvalue weighted by Crippen LogP contribution is 2.52. The Hall–Kier alpha value is -0.550. The summed E-state index contributed by atoms with van der Waals surface area (Å²) in [5, 5.41) is 0. The van der Waals surface area contributed by atoms with Crippen LogP contribution in [0.15, 0.2) is 12.4 Å². The van der Waals surface area contributed by atoms with Crippen molar-refractivity contribution in [2.45, 2.75) is 104 Å². The van der Waals surface area contributed by atoms with E-state index in [4.69, 9.17) is 13.6 Å². The van der Waals surface area contributed by atoms with Gasteiger partial charge in [0.05, 0.1) is 13.2 Å². The molecule has 29 heavy (non-hydrogen) atoms. The molecule has 1 aliphatic rings. The molecule has 1 heterocycles. The average Bonchev–Trinajstić information content (AvgIpc) is 3.04. The van der Waals surface area contributed by atoms with Gasteiger partial charge < -0.3 is 9.80 Å². The molecule has 0 saturated carbocycles. The Bertz CT molecular complexity index is 462. The fourth-order valence-corrected chi connectivity index (χ4v) is 4.58. The Labute approximate surface area is 179 Å². The van der Waals surface area contributed by atoms with Crippen molar-refractivity contribution < 1.29 is 18.1 Å². The maximum atomic E-state index is 13.2. The van der Waals surface area contributed by atoms with Gasteiger partial charge in [-0.2, -0.15) is 0 Å². The Morgan fingerprint density at radius 1 is 0.759 bits per heavy atom. The van der Waals surface area contributed by atoms with Crippen LogP contribution in [0.1, 0.15) is 97.8 Å². The maximum absolute atomic E-state index is 13.2. The normalized spacial score (nSPS) is 16.9. The lowest BCUT2D eigenvalue weighted by atomic mass is 10.1. The highest BCUT2D eigenvalue weighted by molar-refractivity contribution is 7.48. The summed E-state index contributed by atoms with van der Waals surface area (Å²) >= 11 is 0. The Kier molecular flexibility index (Phi) is 14.8. The summed E-state index contributed by atoms with van der Waals surface area (Å²) in [4.78, 5) is 4.01. The van der Waals surface area contributed by atoms with E-state index in [1.54, 1.807) is 0 Å². The quantitative estimate of drug-likeness (QED) is 0.164. The first-order valence-corrected chi connectivity index (χ1v) is 13.3. The van der Waals surface area contributed by atoms with Crippen LogP contribution in [0.4, 0.5) is 0 Å². The summed E-state index contributed by atoms with van der Waals surface area (Å²) in [6, 6.07) is 0. The Balaban J connectivity index is 2.45. The monoisotopic (exact) mass is 432 g/mol. The smallest absolute Gasteiger partial charge is 0.337 e. The number of unbranched alkanes of at least 4 members (excludes halogenated alkanes) is 9. The zero-order chi connectivity index (χ0) is 21.4. The Morgan fingerprint density at radius 2 is 1.28 bits per heavy atom. The second-order valence-corrected chi connectivity index (χ2v) is 9.55. The molecule has 1 aliphatic heterocycles. The third-order valence-corrected chi connectivity index (χ3v) is 6.56. The zero-order valence-corrected chi connectivity index (χ0v) is 20.2. The largest absolute Gasteiger partial charge is 0.478 e. The van der Waals surface area contributed by atoms with E-state index in [0.29, 0.717) is 13.2 Å². The molecule has 1 rings (SSSR count). The fourth-order valence-electron chi connectivity index (χ4n) is 3.18. The minimum absolute atomic E-state index is 0.391. The molecule has 172 valence electrons. The van der Waals surface area contributed by atoms with E-state index in [2.05, 4.69) is 25.7 Å². The van der Waals surface area contributed by atoms with E-state index in [0.717, 1.165) is 38.6 Å². The van der Waals surface area contributed by atoms with Crippen molar-refractivity contribution in [2.24, 2.45) is 0 Å². The van der Waals surface area contributed by atoms with Crippen molar-refractivity contribution in [1.82, 2.24) is 9.80 Å². The SMILES string of the molecule is CCCCCCCCCCN1C=CN(C)C1OP(=O)(OCCCC)OCCCC. The minimum atomic E-state index is -3.59. The van der Waals surface area contributed by atoms with Crippen LogP contribution in [0.25, 0.3) is 0 Å². The highest BCUT2D eigenvalue weighted by Gasteiger charge is 2.36. The summed E-state index contributed by atoms with van der Waals surface area (Å²) in [6.45, 7) is 8.07. The van der Waals surface area contributed by atoms with Crippen molar-refractivity contribution >= 4 is 7.82 Å². The summed E-state index contributed by atoms with van der Waals surface area (Å²) in [7, 11) is -1.66. The molecule has 0 aromatic carbocycles. The van der Waals surface area contributed by atoms with Gasteiger partial charge >= 0.3 is 7.82 Å². The van der Waals surface area contributed by atoms with Crippen molar-refractivity contribution in [2.75, 3.05) is 26.8 Å². The van der Waals surface area contributed by atoms with E-state index < -0.39 is 14.2 Å². The van der Waals surface area contributed by atoms with Crippen molar-refractivity contribution in [3.8, 4) is 0 Å². The molecule has 0 aromatic rings. The average molecular weight is 433 g/mol. The van der Waals surface area contributed by atoms with E-state index in [1.807, 2.05) is 24.3 Å². The summed E-state index contributed by atoms with van der Waals surface area (Å²) in [5.41, 5.74) is 0. The summed E-state index contributed by atoms with van der Waals surface area (Å²) < 4.78 is 30.3. The maximum Gasteiger partial charge on any atom is 0.478 e. The number of phosphoric acid groups is 1. The second kappa shape index (κ2) is 16.2. The van der Waals surface area contributed by atoms with Crippen molar-refractivity contribution in [3.05, 3.63) is 12.4 Å². The third kappa shape index (κ3) is 11.4. The van der Waals surface area contributed by atoms with Crippen LogP contribution in [-0.2, 0) is 18.1 Å². The lowest BCUT2D eigenvalue weighted by Gasteiger charge is -2.32. The van der Waals surface area contributed by atoms with Crippen LogP contribution < -0.4 is 0 Å². The van der Waals surface area contributed by atoms with Gasteiger partial charge in [-0.05, 0) is 19.3 Å². The van der Waals surface area contributed by atoms with Crippen LogP contribution in [0.5, 0.6) is 0 Å². The minimum Gasteiger partial charge on any atom is -0.337 e. The fraction of sp³-hybridized carbons (Fsp3) is 0.909. The number of hydrogen-bond donors (Lipinski definition) is 0. The zero-order valence-electron chi connectivity index (χ0n) is 19.3. The van der Waals surface area contributed by atoms with Crippen LogP contribution >= 0.6 is 7.82 Å². The van der Waals surface area contributed by atoms with Gasteiger partial charge in [0, 0.05) is 26.0 Å². The lowest BCUT2D eigenvalue weighted by Crippen LogP contribution is -2.39. The summed E-state index contributed by atoms with van der Waals surface area (Å²) in [5.74, 6) is 0. The van der Waals surface area contributed by atoms with Gasteiger partial charge in [-0.3, -0.25) is 9.05 Å². The third-order valence-electron chi connectivity index (χ3n) is 5.11. The van der Waals surface area contributed by atoms with Crippen LogP contribution in [0, 0.1) is 0 Å². The van der Waals surface area contributed by atoms with Gasteiger partial charge in [0.2, 0.25) is 6.35 Å². The predicted molar refractivity (Wildman–Crippen MR) is 120 cm³/mol. The van der Waals surface area contributed by atoms with E-state index in [9.17, 15) is 4.57 Å². The van der Waals surface area contributed by atoms with Gasteiger partial charge in [0.1, 0.15) is 0 Å². The summed E-state index contributed by atoms with van der Waals surface area (Å²) in [6.07, 6.45) is 17.4. The molecule has 0 fully saturated rings. The molecule has 0 spiro atoms. The lowest BCUT2D eigenvalue weighted by molar-refractivity contribution is -0.0463. The molecule has 0 N–H and O–H groups in total. The Morgan fingerprint density at radius 3 is 1.83 bits per heavy atom. The first-order valence-electron chi connectivity index (χ1n) is 11.8. The van der Waals surface area contributed by atoms with Crippen LogP contribution in [-0.4, -0.2) is 43.0 Å². The highest BCUT2D eigenvalue weighted by atomic mass is 31.2. The van der Waals surface area contributed by atoms with Gasteiger partial charge in [-0.25, -0.2) is 9.09 Å². The van der Waals surface area contributed by atoms with Gasteiger partial charge in [0.25, 0.3) is 0 Å². The molecule has 0 aromatic heterocycles. The molecule has 1 unspecified atom stereocenters.